The SMILES string of the molecule is CCCn1c(=O)c2[nH]c(C3CC4CCC3C4)nc2n(CCc2ccc(N)cc2)c1=O. The number of aromatic nitrogens is 4. The van der Waals surface area contributed by atoms with Crippen molar-refractivity contribution in [3.8, 4) is 0 Å². The molecule has 30 heavy (non-hydrogen) atoms. The highest BCUT2D eigenvalue weighted by Crippen LogP contribution is 2.52. The number of aromatic amines is 1. The number of aryl methyl sites for hydroxylation is 2. The molecule has 3 N–H and O–H groups in total. The fourth-order valence-corrected chi connectivity index (χ4v) is 5.49. The minimum Gasteiger partial charge on any atom is -0.399 e. The van der Waals surface area contributed by atoms with Crippen molar-refractivity contribution in [2.75, 3.05) is 5.73 Å². The number of imidazole rings is 1. The van der Waals surface area contributed by atoms with Gasteiger partial charge in [-0.25, -0.2) is 9.78 Å². The molecule has 3 unspecified atom stereocenters. The first-order chi connectivity index (χ1) is 14.5. The van der Waals surface area contributed by atoms with Gasteiger partial charge >= 0.3 is 5.69 Å². The van der Waals surface area contributed by atoms with Crippen LogP contribution in [-0.4, -0.2) is 19.1 Å². The fourth-order valence-electron chi connectivity index (χ4n) is 5.49. The Morgan fingerprint density at radius 2 is 1.90 bits per heavy atom. The lowest BCUT2D eigenvalue weighted by Gasteiger charge is -2.18. The number of nitrogen functional groups attached to an aromatic ring is 1. The second kappa shape index (κ2) is 7.45. The maximum atomic E-state index is 13.2. The number of anilines is 1. The Labute approximate surface area is 174 Å². The smallest absolute Gasteiger partial charge is 0.332 e. The van der Waals surface area contributed by atoms with Gasteiger partial charge in [0.1, 0.15) is 11.3 Å². The van der Waals surface area contributed by atoms with E-state index in [1.165, 1.54) is 23.8 Å². The number of hydrogen-bond donors (Lipinski definition) is 2. The van der Waals surface area contributed by atoms with Crippen molar-refractivity contribution in [2.24, 2.45) is 11.8 Å². The van der Waals surface area contributed by atoms with Gasteiger partial charge in [0.25, 0.3) is 5.56 Å². The van der Waals surface area contributed by atoms with Gasteiger partial charge in [-0.15, -0.1) is 0 Å². The molecule has 3 atom stereocenters. The van der Waals surface area contributed by atoms with Crippen LogP contribution in [0.1, 0.15) is 56.3 Å². The van der Waals surface area contributed by atoms with E-state index in [9.17, 15) is 9.59 Å². The van der Waals surface area contributed by atoms with Gasteiger partial charge in [0.05, 0.1) is 0 Å². The molecule has 3 aromatic rings. The highest BCUT2D eigenvalue weighted by atomic mass is 16.2. The molecule has 0 radical (unpaired) electrons. The van der Waals surface area contributed by atoms with E-state index in [4.69, 9.17) is 10.7 Å². The monoisotopic (exact) mass is 407 g/mol. The number of nitrogens with zero attached hydrogens (tertiary/aromatic N) is 3. The minimum absolute atomic E-state index is 0.248. The maximum absolute atomic E-state index is 13.2. The Bertz CT molecular complexity index is 1190. The van der Waals surface area contributed by atoms with E-state index in [-0.39, 0.29) is 11.2 Å². The van der Waals surface area contributed by atoms with E-state index in [0.29, 0.717) is 42.5 Å². The van der Waals surface area contributed by atoms with Crippen LogP contribution in [-0.2, 0) is 19.5 Å². The van der Waals surface area contributed by atoms with Crippen molar-refractivity contribution in [1.82, 2.24) is 19.1 Å². The lowest BCUT2D eigenvalue weighted by molar-refractivity contribution is 0.408. The molecule has 2 heterocycles. The molecule has 0 saturated heterocycles. The average molecular weight is 408 g/mol. The zero-order valence-corrected chi connectivity index (χ0v) is 17.4. The average Bonchev–Trinajstić information content (AvgIpc) is 3.48. The van der Waals surface area contributed by atoms with Crippen LogP contribution >= 0.6 is 0 Å². The molecule has 2 fully saturated rings. The predicted molar refractivity (Wildman–Crippen MR) is 118 cm³/mol. The molecule has 2 aliphatic rings. The number of nitrogens with two attached hydrogens (primary N) is 1. The van der Waals surface area contributed by atoms with Crippen LogP contribution < -0.4 is 17.0 Å². The molecule has 7 nitrogen and oxygen atoms in total. The molecular weight excluding hydrogens is 378 g/mol. The number of fused-ring (bicyclic) bond motifs is 3. The minimum atomic E-state index is -0.268. The normalized spacial score (nSPS) is 22.9. The zero-order chi connectivity index (χ0) is 20.8. The van der Waals surface area contributed by atoms with Crippen LogP contribution in [0.4, 0.5) is 5.69 Å². The first-order valence-corrected chi connectivity index (χ1v) is 11.1. The van der Waals surface area contributed by atoms with Gasteiger partial charge in [-0.3, -0.25) is 13.9 Å². The topological polar surface area (TPSA) is 98.7 Å². The van der Waals surface area contributed by atoms with Crippen LogP contribution in [0.3, 0.4) is 0 Å². The summed E-state index contributed by atoms with van der Waals surface area (Å²) in [7, 11) is 0. The van der Waals surface area contributed by atoms with E-state index < -0.39 is 0 Å². The van der Waals surface area contributed by atoms with Crippen molar-refractivity contribution in [2.45, 2.75) is 64.5 Å². The first kappa shape index (κ1) is 19.2. The first-order valence-electron chi connectivity index (χ1n) is 11.1. The van der Waals surface area contributed by atoms with Gasteiger partial charge in [0.15, 0.2) is 5.65 Å². The summed E-state index contributed by atoms with van der Waals surface area (Å²) < 4.78 is 3.03. The second-order valence-corrected chi connectivity index (χ2v) is 8.98. The highest BCUT2D eigenvalue weighted by Gasteiger charge is 2.41. The third-order valence-electron chi connectivity index (χ3n) is 7.02. The summed E-state index contributed by atoms with van der Waals surface area (Å²) in [6, 6.07) is 7.69. The number of H-pyrrole nitrogens is 1. The Balaban J connectivity index is 1.57. The second-order valence-electron chi connectivity index (χ2n) is 8.98. The number of benzene rings is 1. The summed E-state index contributed by atoms with van der Waals surface area (Å²) in [6.45, 7) is 2.87. The summed E-state index contributed by atoms with van der Waals surface area (Å²) in [4.78, 5) is 34.4. The van der Waals surface area contributed by atoms with Crippen LogP contribution in [0.15, 0.2) is 33.9 Å². The lowest BCUT2D eigenvalue weighted by Crippen LogP contribution is -2.40. The molecule has 2 saturated carbocycles. The van der Waals surface area contributed by atoms with Gasteiger partial charge in [0.2, 0.25) is 0 Å². The number of nitrogens with one attached hydrogen (secondary N) is 1. The van der Waals surface area contributed by atoms with Gasteiger partial charge < -0.3 is 10.7 Å². The molecule has 0 aliphatic heterocycles. The van der Waals surface area contributed by atoms with E-state index >= 15 is 0 Å². The molecule has 7 heteroatoms. The Hall–Kier alpha value is -2.83. The van der Waals surface area contributed by atoms with Crippen LogP contribution in [0.2, 0.25) is 0 Å². The van der Waals surface area contributed by atoms with Gasteiger partial charge in [-0.1, -0.05) is 25.5 Å². The summed E-state index contributed by atoms with van der Waals surface area (Å²) in [5, 5.41) is 0. The Morgan fingerprint density at radius 1 is 1.10 bits per heavy atom. The van der Waals surface area contributed by atoms with E-state index in [1.54, 1.807) is 4.57 Å². The van der Waals surface area contributed by atoms with Crippen molar-refractivity contribution >= 4 is 16.9 Å². The Kier molecular flexibility index (Phi) is 4.76. The molecule has 1 aromatic carbocycles. The maximum Gasteiger partial charge on any atom is 0.332 e. The molecule has 0 spiro atoms. The Morgan fingerprint density at radius 3 is 2.57 bits per heavy atom. The van der Waals surface area contributed by atoms with Crippen LogP contribution in [0.25, 0.3) is 11.2 Å². The van der Waals surface area contributed by atoms with Crippen molar-refractivity contribution in [3.05, 3.63) is 56.5 Å². The third kappa shape index (κ3) is 3.16. The van der Waals surface area contributed by atoms with Crippen LogP contribution in [0.5, 0.6) is 0 Å². The quantitative estimate of drug-likeness (QED) is 0.614. The summed E-state index contributed by atoms with van der Waals surface area (Å²) in [5.41, 5.74) is 8.06. The summed E-state index contributed by atoms with van der Waals surface area (Å²) >= 11 is 0. The fraction of sp³-hybridized carbons (Fsp3) is 0.522. The van der Waals surface area contributed by atoms with Crippen molar-refractivity contribution in [1.29, 1.82) is 0 Å². The molecule has 5 rings (SSSR count). The number of rotatable bonds is 6. The molecular formula is C23H29N5O2. The van der Waals surface area contributed by atoms with Gasteiger partial charge in [-0.2, -0.15) is 0 Å². The van der Waals surface area contributed by atoms with Crippen molar-refractivity contribution < 1.29 is 0 Å². The molecule has 2 aliphatic carbocycles. The van der Waals surface area contributed by atoms with Crippen LogP contribution in [0, 0.1) is 11.8 Å². The largest absolute Gasteiger partial charge is 0.399 e. The lowest BCUT2D eigenvalue weighted by atomic mass is 9.88. The number of hydrogen-bond acceptors (Lipinski definition) is 4. The zero-order valence-electron chi connectivity index (χ0n) is 17.4. The van der Waals surface area contributed by atoms with E-state index in [2.05, 4.69) is 4.98 Å². The third-order valence-corrected chi connectivity index (χ3v) is 7.02. The predicted octanol–water partition coefficient (Wildman–Crippen LogP) is 3.02. The summed E-state index contributed by atoms with van der Waals surface area (Å²) in [6.07, 6.45) is 6.38. The summed E-state index contributed by atoms with van der Waals surface area (Å²) in [5.74, 6) is 2.72. The van der Waals surface area contributed by atoms with Crippen molar-refractivity contribution in [3.63, 3.8) is 0 Å². The highest BCUT2D eigenvalue weighted by molar-refractivity contribution is 5.70. The van der Waals surface area contributed by atoms with E-state index in [1.807, 2.05) is 31.2 Å². The van der Waals surface area contributed by atoms with Gasteiger partial charge in [-0.05, 0) is 61.6 Å². The molecule has 158 valence electrons. The van der Waals surface area contributed by atoms with E-state index in [0.717, 1.165) is 35.8 Å². The van der Waals surface area contributed by atoms with Gasteiger partial charge in [0, 0.05) is 24.7 Å². The molecule has 2 bridgehead atoms. The molecule has 0 amide bonds. The standard InChI is InChI=1S/C23H29N5O2/c1-2-10-28-22(29)19-21(26-20(25-19)18-13-15-3-6-16(18)12-15)27(23(28)30)11-9-14-4-7-17(24)8-5-14/h4-5,7-8,15-16,18H,2-3,6,9-13,24H2,1H3,(H,25,26). The molecule has 2 aromatic heterocycles.